The molecule has 0 bridgehead atoms. The van der Waals surface area contributed by atoms with E-state index in [9.17, 15) is 24.3 Å². The topological polar surface area (TPSA) is 137 Å². The molecule has 5 atom stereocenters. The van der Waals surface area contributed by atoms with Crippen molar-refractivity contribution in [3.8, 4) is 0 Å². The largest absolute Gasteiger partial charge is 0.511 e. The maximum absolute atomic E-state index is 13.5. The van der Waals surface area contributed by atoms with Crippen LogP contribution in [0.2, 0.25) is 0 Å². The first-order valence-corrected chi connectivity index (χ1v) is 14.1. The summed E-state index contributed by atoms with van der Waals surface area (Å²) in [6.45, 7) is 8.09. The van der Waals surface area contributed by atoms with Gasteiger partial charge in [-0.1, -0.05) is 13.3 Å². The molecule has 5 rings (SSSR count). The molecule has 210 valence electrons. The standard InChI is InChI=1S/C27H33N3O8S/c1-12-19(18-11-29-15(4)28-21(14(3)32)25(29)39-18)23(30-22(12)20(13(2)31)24(30)33)26(34)36-16(5)37-27(35)38-17-9-7-6-8-10-17/h11-13,16-17,20,22,31H,6-10H2,1-5H3/t12-,13+,16?,20+,22+/m0/s1. The Morgan fingerprint density at radius 1 is 1.15 bits per heavy atom. The lowest BCUT2D eigenvalue weighted by Crippen LogP contribution is -2.63. The van der Waals surface area contributed by atoms with Crippen molar-refractivity contribution in [1.82, 2.24) is 14.3 Å². The lowest BCUT2D eigenvalue weighted by atomic mass is 9.77. The molecule has 12 heteroatoms. The summed E-state index contributed by atoms with van der Waals surface area (Å²) < 4.78 is 17.8. The number of aliphatic hydroxyl groups is 1. The molecule has 1 N–H and O–H groups in total. The van der Waals surface area contributed by atoms with Crippen molar-refractivity contribution in [2.75, 3.05) is 0 Å². The van der Waals surface area contributed by atoms with Gasteiger partial charge in [-0.3, -0.25) is 14.0 Å². The van der Waals surface area contributed by atoms with Crippen LogP contribution in [-0.2, 0) is 23.8 Å². The van der Waals surface area contributed by atoms with Gasteiger partial charge >= 0.3 is 12.1 Å². The zero-order valence-electron chi connectivity index (χ0n) is 22.6. The second-order valence-electron chi connectivity index (χ2n) is 10.6. The molecule has 39 heavy (non-hydrogen) atoms. The first-order valence-electron chi connectivity index (χ1n) is 13.3. The number of esters is 1. The Kier molecular flexibility index (Phi) is 7.27. The maximum atomic E-state index is 13.5. The van der Waals surface area contributed by atoms with E-state index in [4.69, 9.17) is 14.2 Å². The Bertz CT molecular complexity index is 1370. The summed E-state index contributed by atoms with van der Waals surface area (Å²) in [5.41, 5.74) is 0.949. The Hall–Kier alpha value is -3.25. The first kappa shape index (κ1) is 27.3. The molecule has 1 unspecified atom stereocenters. The van der Waals surface area contributed by atoms with Crippen LogP contribution in [0, 0.1) is 18.8 Å². The van der Waals surface area contributed by atoms with E-state index in [-0.39, 0.29) is 29.4 Å². The van der Waals surface area contributed by atoms with E-state index in [2.05, 4.69) is 4.98 Å². The molecule has 2 aromatic rings. The van der Waals surface area contributed by atoms with Crippen molar-refractivity contribution < 1.29 is 38.5 Å². The molecule has 2 aliphatic heterocycles. The maximum Gasteiger partial charge on any atom is 0.511 e. The fraction of sp³-hybridized carbons (Fsp3) is 0.593. The van der Waals surface area contributed by atoms with Crippen LogP contribution in [0.4, 0.5) is 4.79 Å². The van der Waals surface area contributed by atoms with Gasteiger partial charge in [0.2, 0.25) is 12.2 Å². The van der Waals surface area contributed by atoms with Crippen LogP contribution in [0.1, 0.15) is 81.0 Å². The zero-order valence-corrected chi connectivity index (χ0v) is 23.4. The summed E-state index contributed by atoms with van der Waals surface area (Å²) >= 11 is 1.30. The zero-order chi connectivity index (χ0) is 28.2. The number of hydrogen-bond acceptors (Lipinski definition) is 10. The van der Waals surface area contributed by atoms with Gasteiger partial charge in [0, 0.05) is 31.5 Å². The number of Topliss-reactive ketones (excluding diaryl/α,β-unsaturated/α-hetero) is 1. The fourth-order valence-corrected chi connectivity index (χ4v) is 7.30. The van der Waals surface area contributed by atoms with Gasteiger partial charge < -0.3 is 24.2 Å². The number of nitrogens with zero attached hydrogens (tertiary/aromatic N) is 3. The Balaban J connectivity index is 1.44. The first-order chi connectivity index (χ1) is 18.5. The van der Waals surface area contributed by atoms with Crippen LogP contribution in [0.5, 0.6) is 0 Å². The van der Waals surface area contributed by atoms with Crippen LogP contribution in [-0.4, -0.2) is 67.7 Å². The van der Waals surface area contributed by atoms with Crippen molar-refractivity contribution >= 4 is 45.6 Å². The SMILES string of the molecule is CC(=O)c1nc(C)n2cc(C3=C(C(=O)OC(C)OC(=O)OC4CCCCC4)N4C(=O)[C@H]([C@@H](C)O)[C@H]4[C@H]3C)sc12. The summed E-state index contributed by atoms with van der Waals surface area (Å²) in [6, 6.07) is -0.435. The Morgan fingerprint density at radius 3 is 2.49 bits per heavy atom. The van der Waals surface area contributed by atoms with Crippen LogP contribution < -0.4 is 0 Å². The molecular weight excluding hydrogens is 526 g/mol. The van der Waals surface area contributed by atoms with Crippen LogP contribution in [0.15, 0.2) is 11.9 Å². The minimum atomic E-state index is -1.25. The molecule has 4 heterocycles. The molecule has 0 radical (unpaired) electrons. The number of aliphatic hydroxyl groups excluding tert-OH is 1. The highest BCUT2D eigenvalue weighted by Gasteiger charge is 2.60. The van der Waals surface area contributed by atoms with Crippen molar-refractivity contribution in [3.05, 3.63) is 28.3 Å². The number of aromatic nitrogens is 2. The van der Waals surface area contributed by atoms with Gasteiger partial charge in [-0.05, 0) is 39.5 Å². The summed E-state index contributed by atoms with van der Waals surface area (Å²) in [7, 11) is 0. The molecule has 3 aliphatic rings. The minimum Gasteiger partial charge on any atom is -0.431 e. The number of rotatable bonds is 7. The second-order valence-corrected chi connectivity index (χ2v) is 11.6. The molecule has 1 saturated heterocycles. The van der Waals surface area contributed by atoms with Gasteiger partial charge in [0.15, 0.2) is 5.78 Å². The average molecular weight is 560 g/mol. The summed E-state index contributed by atoms with van der Waals surface area (Å²) in [4.78, 5) is 58.1. The third-order valence-corrected chi connectivity index (χ3v) is 8.94. The van der Waals surface area contributed by atoms with Gasteiger partial charge in [-0.25, -0.2) is 14.6 Å². The van der Waals surface area contributed by atoms with E-state index in [1.165, 1.54) is 30.1 Å². The molecule has 2 aromatic heterocycles. The number of β-lactam (4-membered cyclic amide) rings is 1. The molecule has 0 spiro atoms. The average Bonchev–Trinajstić information content (AvgIpc) is 3.49. The van der Waals surface area contributed by atoms with E-state index >= 15 is 0 Å². The number of ketones is 1. The quantitative estimate of drug-likeness (QED) is 0.232. The van der Waals surface area contributed by atoms with Crippen molar-refractivity contribution in [2.24, 2.45) is 11.8 Å². The Morgan fingerprint density at radius 2 is 1.85 bits per heavy atom. The normalized spacial score (nSPS) is 24.8. The van der Waals surface area contributed by atoms with Gasteiger partial charge in [-0.15, -0.1) is 11.3 Å². The van der Waals surface area contributed by atoms with E-state index in [0.29, 0.717) is 26.8 Å². The Labute approximate surface area is 229 Å². The van der Waals surface area contributed by atoms with Crippen molar-refractivity contribution in [1.29, 1.82) is 0 Å². The molecule has 0 aromatic carbocycles. The number of carbonyl (C=O) groups is 4. The van der Waals surface area contributed by atoms with E-state index in [1.54, 1.807) is 24.4 Å². The summed E-state index contributed by atoms with van der Waals surface area (Å²) in [5, 5.41) is 10.3. The smallest absolute Gasteiger partial charge is 0.431 e. The highest BCUT2D eigenvalue weighted by atomic mass is 32.1. The van der Waals surface area contributed by atoms with Crippen LogP contribution in [0.3, 0.4) is 0 Å². The number of carbonyl (C=O) groups excluding carboxylic acids is 4. The molecular formula is C27H33N3O8S. The third-order valence-electron chi connectivity index (χ3n) is 7.81. The predicted molar refractivity (Wildman–Crippen MR) is 140 cm³/mol. The number of hydrogen-bond donors (Lipinski definition) is 1. The number of fused-ring (bicyclic) bond motifs is 2. The summed E-state index contributed by atoms with van der Waals surface area (Å²) in [5.74, 6) is -1.74. The predicted octanol–water partition coefficient (Wildman–Crippen LogP) is 3.85. The third kappa shape index (κ3) is 4.73. The number of thiazole rings is 1. The number of imidazole rings is 1. The molecule has 11 nitrogen and oxygen atoms in total. The van der Waals surface area contributed by atoms with E-state index in [1.807, 2.05) is 6.92 Å². The molecule has 2 fully saturated rings. The van der Waals surface area contributed by atoms with Crippen molar-refractivity contribution in [3.63, 3.8) is 0 Å². The van der Waals surface area contributed by atoms with E-state index < -0.39 is 36.5 Å². The molecule has 1 aliphatic carbocycles. The highest BCUT2D eigenvalue weighted by molar-refractivity contribution is 7.18. The lowest BCUT2D eigenvalue weighted by Gasteiger charge is -2.46. The number of aryl methyl sites for hydroxylation is 1. The van der Waals surface area contributed by atoms with Gasteiger partial charge in [0.05, 0.1) is 22.9 Å². The summed E-state index contributed by atoms with van der Waals surface area (Å²) in [6.07, 6.45) is 3.15. The molecule has 1 saturated carbocycles. The minimum absolute atomic E-state index is 0.0463. The van der Waals surface area contributed by atoms with Crippen LogP contribution in [0.25, 0.3) is 10.4 Å². The van der Waals surface area contributed by atoms with Gasteiger partial charge in [0.1, 0.15) is 28.1 Å². The fourth-order valence-electron chi connectivity index (χ4n) is 5.97. The second kappa shape index (κ2) is 10.4. The van der Waals surface area contributed by atoms with Gasteiger partial charge in [0.25, 0.3) is 0 Å². The van der Waals surface area contributed by atoms with Gasteiger partial charge in [-0.2, -0.15) is 0 Å². The van der Waals surface area contributed by atoms with E-state index in [0.717, 1.165) is 32.1 Å². The monoisotopic (exact) mass is 559 g/mol. The number of amides is 1. The van der Waals surface area contributed by atoms with Crippen molar-refractivity contribution in [2.45, 2.75) is 91.3 Å². The highest BCUT2D eigenvalue weighted by Crippen LogP contribution is 2.52. The lowest BCUT2D eigenvalue weighted by molar-refractivity contribution is -0.174. The van der Waals surface area contributed by atoms with Crippen LogP contribution >= 0.6 is 11.3 Å². The number of ether oxygens (including phenoxy) is 3. The molecule has 1 amide bonds.